The average Bonchev–Trinajstić information content (AvgIpc) is 2.64. The summed E-state index contributed by atoms with van der Waals surface area (Å²) < 4.78 is 0. The molecule has 82 valence electrons. The molecule has 0 bridgehead atoms. The van der Waals surface area contributed by atoms with Crippen LogP contribution in [-0.2, 0) is 4.79 Å². The van der Waals surface area contributed by atoms with Crippen molar-refractivity contribution in [1.29, 1.82) is 0 Å². The van der Waals surface area contributed by atoms with Gasteiger partial charge in [0.1, 0.15) is 0 Å². The van der Waals surface area contributed by atoms with Gasteiger partial charge in [-0.05, 0) is 32.4 Å². The molecule has 1 atom stereocenters. The quantitative estimate of drug-likeness (QED) is 0.722. The van der Waals surface area contributed by atoms with Gasteiger partial charge >= 0.3 is 0 Å². The Morgan fingerprint density at radius 3 is 2.64 bits per heavy atom. The van der Waals surface area contributed by atoms with Gasteiger partial charge in [0.05, 0.1) is 5.25 Å². The second-order valence-electron chi connectivity index (χ2n) is 3.72. The van der Waals surface area contributed by atoms with Crippen molar-refractivity contribution in [3.05, 3.63) is 0 Å². The molecule has 0 saturated carbocycles. The van der Waals surface area contributed by atoms with Gasteiger partial charge in [0.2, 0.25) is 5.91 Å². The predicted octanol–water partition coefficient (Wildman–Crippen LogP) is 1.08. The number of nitrogens with zero attached hydrogens (tertiary/aromatic N) is 1. The van der Waals surface area contributed by atoms with Crippen LogP contribution in [0.1, 0.15) is 26.2 Å². The summed E-state index contributed by atoms with van der Waals surface area (Å²) in [4.78, 5) is 13.4. The number of carbonyl (C=O) groups excluding carboxylic acids is 1. The van der Waals surface area contributed by atoms with E-state index < -0.39 is 0 Å². The van der Waals surface area contributed by atoms with Crippen molar-refractivity contribution in [2.45, 2.75) is 31.4 Å². The summed E-state index contributed by atoms with van der Waals surface area (Å²) in [5.41, 5.74) is 5.27. The topological polar surface area (TPSA) is 46.3 Å². The van der Waals surface area contributed by atoms with Gasteiger partial charge in [-0.2, -0.15) is 0 Å². The molecule has 1 saturated heterocycles. The summed E-state index contributed by atoms with van der Waals surface area (Å²) in [7, 11) is 0. The molecule has 1 fully saturated rings. The molecule has 14 heavy (non-hydrogen) atoms. The van der Waals surface area contributed by atoms with Gasteiger partial charge in [-0.25, -0.2) is 0 Å². The molecule has 0 spiro atoms. The molecule has 1 rings (SSSR count). The van der Waals surface area contributed by atoms with Crippen molar-refractivity contribution >= 4 is 17.7 Å². The molecular formula is C10H20N2OS. The van der Waals surface area contributed by atoms with Crippen LogP contribution in [0.4, 0.5) is 0 Å². The fourth-order valence-corrected chi connectivity index (χ4v) is 2.78. The van der Waals surface area contributed by atoms with E-state index in [4.69, 9.17) is 5.73 Å². The zero-order chi connectivity index (χ0) is 10.4. The Kier molecular flexibility index (Phi) is 5.33. The summed E-state index contributed by atoms with van der Waals surface area (Å²) in [6.07, 6.45) is 3.51. The number of likely N-dealkylation sites (tertiary alicyclic amines) is 1. The number of nitrogens with two attached hydrogens (primary N) is 1. The Hall–Kier alpha value is -0.220. The van der Waals surface area contributed by atoms with Crippen LogP contribution in [0.3, 0.4) is 0 Å². The number of primary amides is 1. The molecule has 1 aliphatic rings. The summed E-state index contributed by atoms with van der Waals surface area (Å²) in [6.45, 7) is 5.58. The molecule has 0 aliphatic carbocycles. The average molecular weight is 216 g/mol. The molecule has 4 heteroatoms. The van der Waals surface area contributed by atoms with Crippen LogP contribution in [0.5, 0.6) is 0 Å². The Bertz CT molecular complexity index is 181. The number of rotatable bonds is 6. The molecule has 0 aromatic carbocycles. The van der Waals surface area contributed by atoms with Crippen LogP contribution in [-0.4, -0.2) is 41.4 Å². The molecule has 1 aliphatic heterocycles. The fourth-order valence-electron chi connectivity index (χ4n) is 1.73. The minimum Gasteiger partial charge on any atom is -0.369 e. The summed E-state index contributed by atoms with van der Waals surface area (Å²) in [6, 6.07) is 0. The Balaban J connectivity index is 2.09. The molecule has 3 nitrogen and oxygen atoms in total. The zero-order valence-electron chi connectivity index (χ0n) is 8.87. The lowest BCUT2D eigenvalue weighted by molar-refractivity contribution is -0.117. The third-order valence-electron chi connectivity index (χ3n) is 2.61. The normalized spacial score (nSPS) is 19.8. The summed E-state index contributed by atoms with van der Waals surface area (Å²) in [5.74, 6) is 0.862. The maximum atomic E-state index is 10.9. The van der Waals surface area contributed by atoms with Crippen molar-refractivity contribution < 1.29 is 4.79 Å². The smallest absolute Gasteiger partial charge is 0.230 e. The van der Waals surface area contributed by atoms with Crippen molar-refractivity contribution in [2.75, 3.05) is 25.4 Å². The first-order valence-electron chi connectivity index (χ1n) is 5.37. The highest BCUT2D eigenvalue weighted by Crippen LogP contribution is 2.15. The lowest BCUT2D eigenvalue weighted by Gasteiger charge is -2.16. The van der Waals surface area contributed by atoms with Crippen LogP contribution in [0, 0.1) is 0 Å². The van der Waals surface area contributed by atoms with E-state index >= 15 is 0 Å². The number of amides is 1. The molecule has 1 unspecified atom stereocenters. The third kappa shape index (κ3) is 3.88. The van der Waals surface area contributed by atoms with Gasteiger partial charge in [-0.1, -0.05) is 6.92 Å². The second-order valence-corrected chi connectivity index (χ2v) is 5.03. The van der Waals surface area contributed by atoms with Gasteiger partial charge in [0.25, 0.3) is 0 Å². The first-order chi connectivity index (χ1) is 6.74. The molecule has 1 heterocycles. The second kappa shape index (κ2) is 6.30. The van der Waals surface area contributed by atoms with E-state index in [-0.39, 0.29) is 11.2 Å². The van der Waals surface area contributed by atoms with E-state index in [9.17, 15) is 4.79 Å². The van der Waals surface area contributed by atoms with E-state index in [0.29, 0.717) is 0 Å². The number of hydrogen-bond donors (Lipinski definition) is 1. The molecular weight excluding hydrogens is 196 g/mol. The largest absolute Gasteiger partial charge is 0.369 e. The van der Waals surface area contributed by atoms with Gasteiger partial charge in [0.15, 0.2) is 0 Å². The van der Waals surface area contributed by atoms with E-state index in [1.807, 2.05) is 6.92 Å². The lowest BCUT2D eigenvalue weighted by Crippen LogP contribution is -2.28. The molecule has 0 radical (unpaired) electrons. The van der Waals surface area contributed by atoms with E-state index in [0.717, 1.165) is 18.7 Å². The highest BCUT2D eigenvalue weighted by atomic mass is 32.2. The lowest BCUT2D eigenvalue weighted by atomic mass is 10.3. The van der Waals surface area contributed by atoms with Crippen molar-refractivity contribution in [3.63, 3.8) is 0 Å². The first kappa shape index (κ1) is 11.9. The Morgan fingerprint density at radius 2 is 2.14 bits per heavy atom. The van der Waals surface area contributed by atoms with E-state index in [1.165, 1.54) is 25.9 Å². The van der Waals surface area contributed by atoms with E-state index in [2.05, 4.69) is 4.90 Å². The third-order valence-corrected chi connectivity index (χ3v) is 4.00. The van der Waals surface area contributed by atoms with Gasteiger partial charge in [-0.15, -0.1) is 11.8 Å². The fraction of sp³-hybridized carbons (Fsp3) is 0.900. The zero-order valence-corrected chi connectivity index (χ0v) is 9.68. The predicted molar refractivity (Wildman–Crippen MR) is 61.4 cm³/mol. The number of hydrogen-bond acceptors (Lipinski definition) is 3. The standard InChI is InChI=1S/C10H20N2OS/c1-2-9(10(11)13)14-8-7-12-5-3-4-6-12/h9H,2-8H2,1H3,(H2,11,13). The summed E-state index contributed by atoms with van der Waals surface area (Å²) in [5, 5.41) is 0.0117. The van der Waals surface area contributed by atoms with Crippen molar-refractivity contribution in [2.24, 2.45) is 5.73 Å². The van der Waals surface area contributed by atoms with Gasteiger partial charge < -0.3 is 10.6 Å². The van der Waals surface area contributed by atoms with Crippen LogP contribution >= 0.6 is 11.8 Å². The van der Waals surface area contributed by atoms with Gasteiger partial charge in [-0.3, -0.25) is 4.79 Å². The minimum atomic E-state index is -0.168. The van der Waals surface area contributed by atoms with Crippen molar-refractivity contribution in [1.82, 2.24) is 4.90 Å². The molecule has 0 aromatic rings. The monoisotopic (exact) mass is 216 g/mol. The van der Waals surface area contributed by atoms with Crippen LogP contribution in [0.15, 0.2) is 0 Å². The molecule has 0 aromatic heterocycles. The Labute approximate surface area is 90.4 Å². The van der Waals surface area contributed by atoms with Gasteiger partial charge in [0, 0.05) is 12.3 Å². The first-order valence-corrected chi connectivity index (χ1v) is 6.42. The van der Waals surface area contributed by atoms with E-state index in [1.54, 1.807) is 11.8 Å². The SMILES string of the molecule is CCC(SCCN1CCCC1)C(N)=O. The highest BCUT2D eigenvalue weighted by Gasteiger charge is 2.15. The Morgan fingerprint density at radius 1 is 1.50 bits per heavy atom. The number of thioether (sulfide) groups is 1. The van der Waals surface area contributed by atoms with Crippen LogP contribution in [0.2, 0.25) is 0 Å². The number of carbonyl (C=O) groups is 1. The maximum absolute atomic E-state index is 10.9. The highest BCUT2D eigenvalue weighted by molar-refractivity contribution is 8.00. The maximum Gasteiger partial charge on any atom is 0.230 e. The molecule has 2 N–H and O–H groups in total. The minimum absolute atomic E-state index is 0.0117. The van der Waals surface area contributed by atoms with Crippen LogP contribution in [0.25, 0.3) is 0 Å². The van der Waals surface area contributed by atoms with Crippen molar-refractivity contribution in [3.8, 4) is 0 Å². The summed E-state index contributed by atoms with van der Waals surface area (Å²) >= 11 is 1.70. The molecule has 1 amide bonds. The van der Waals surface area contributed by atoms with Crippen LogP contribution < -0.4 is 5.73 Å².